The van der Waals surface area contributed by atoms with Gasteiger partial charge in [-0.1, -0.05) is 36.4 Å². The Labute approximate surface area is 79.2 Å². The highest BCUT2D eigenvalue weighted by Crippen LogP contribution is 1.99. The van der Waals surface area contributed by atoms with Crippen LogP contribution in [0.5, 0.6) is 0 Å². The third-order valence-corrected chi connectivity index (χ3v) is 1.47. The molecule has 2 heteroatoms. The van der Waals surface area contributed by atoms with Crippen molar-refractivity contribution >= 4 is 12.3 Å². The monoisotopic (exact) mass is 174 g/mol. The van der Waals surface area contributed by atoms with Crippen LogP contribution in [-0.4, -0.2) is 25.3 Å². The molecule has 0 N–H and O–H groups in total. The molecule has 1 aromatic rings. The molecule has 0 saturated carbocycles. The molecule has 0 spiro atoms. The van der Waals surface area contributed by atoms with Crippen LogP contribution in [0, 0.1) is 0 Å². The molecule has 0 amide bonds. The minimum Gasteiger partial charge on any atom is -0.303 e. The van der Waals surface area contributed by atoms with Crippen LogP contribution in [0.4, 0.5) is 0 Å². The molecule has 0 heterocycles. The zero-order chi connectivity index (χ0) is 9.52. The van der Waals surface area contributed by atoms with Crippen LogP contribution in [0.3, 0.4) is 0 Å². The van der Waals surface area contributed by atoms with E-state index >= 15 is 0 Å². The Balaban J connectivity index is 2.50. The fourth-order valence-electron chi connectivity index (χ4n) is 0.890. The van der Waals surface area contributed by atoms with Gasteiger partial charge in [0.2, 0.25) is 0 Å². The van der Waals surface area contributed by atoms with Crippen molar-refractivity contribution in [2.24, 2.45) is 5.10 Å². The first-order chi connectivity index (χ1) is 6.29. The van der Waals surface area contributed by atoms with Gasteiger partial charge in [0, 0.05) is 20.3 Å². The highest BCUT2D eigenvalue weighted by molar-refractivity contribution is 5.77. The molecular formula is C11H14N2. The summed E-state index contributed by atoms with van der Waals surface area (Å²) >= 11 is 0. The van der Waals surface area contributed by atoms with Crippen LogP contribution >= 0.6 is 0 Å². The van der Waals surface area contributed by atoms with Crippen molar-refractivity contribution in [3.05, 3.63) is 42.0 Å². The van der Waals surface area contributed by atoms with Gasteiger partial charge in [0.05, 0.1) is 0 Å². The molecule has 1 rings (SSSR count). The molecule has 2 nitrogen and oxygen atoms in total. The van der Waals surface area contributed by atoms with E-state index in [-0.39, 0.29) is 0 Å². The topological polar surface area (TPSA) is 15.6 Å². The summed E-state index contributed by atoms with van der Waals surface area (Å²) in [7, 11) is 3.79. The second kappa shape index (κ2) is 5.14. The summed E-state index contributed by atoms with van der Waals surface area (Å²) in [4.78, 5) is 0. The summed E-state index contributed by atoms with van der Waals surface area (Å²) in [5.41, 5.74) is 1.19. The summed E-state index contributed by atoms with van der Waals surface area (Å²) < 4.78 is 0. The highest BCUT2D eigenvalue weighted by Gasteiger charge is 1.80. The van der Waals surface area contributed by atoms with Gasteiger partial charge in [0.1, 0.15) is 0 Å². The van der Waals surface area contributed by atoms with E-state index in [9.17, 15) is 0 Å². The largest absolute Gasteiger partial charge is 0.303 e. The van der Waals surface area contributed by atoms with Crippen LogP contribution in [0.25, 0.3) is 6.08 Å². The van der Waals surface area contributed by atoms with Crippen LogP contribution in [0.2, 0.25) is 0 Å². The maximum absolute atomic E-state index is 4.06. The zero-order valence-electron chi connectivity index (χ0n) is 8.01. The second-order valence-electron chi connectivity index (χ2n) is 2.88. The number of allylic oxidation sites excluding steroid dienone is 1. The molecule has 0 unspecified atom stereocenters. The van der Waals surface area contributed by atoms with Gasteiger partial charge in [-0.25, -0.2) is 0 Å². The molecule has 68 valence electrons. The minimum absolute atomic E-state index is 1.19. The van der Waals surface area contributed by atoms with Crippen LogP contribution in [0.15, 0.2) is 41.5 Å². The Bertz CT molecular complexity index is 286. The second-order valence-corrected chi connectivity index (χ2v) is 2.88. The molecule has 0 saturated heterocycles. The Morgan fingerprint density at radius 1 is 1.15 bits per heavy atom. The third-order valence-electron chi connectivity index (χ3n) is 1.47. The predicted octanol–water partition coefficient (Wildman–Crippen LogP) is 2.25. The lowest BCUT2D eigenvalue weighted by atomic mass is 10.2. The van der Waals surface area contributed by atoms with Crippen LogP contribution < -0.4 is 0 Å². The van der Waals surface area contributed by atoms with Crippen LogP contribution in [-0.2, 0) is 0 Å². The smallest absolute Gasteiger partial charge is 0.0470 e. The first-order valence-corrected chi connectivity index (χ1v) is 4.22. The molecule has 0 atom stereocenters. The summed E-state index contributed by atoms with van der Waals surface area (Å²) in [6.07, 6.45) is 5.72. The summed E-state index contributed by atoms with van der Waals surface area (Å²) in [5.74, 6) is 0. The van der Waals surface area contributed by atoms with Gasteiger partial charge < -0.3 is 5.01 Å². The molecular weight excluding hydrogens is 160 g/mol. The molecule has 0 bridgehead atoms. The number of benzene rings is 1. The molecule has 0 radical (unpaired) electrons. The van der Waals surface area contributed by atoms with Crippen molar-refractivity contribution in [2.45, 2.75) is 0 Å². The number of nitrogens with zero attached hydrogens (tertiary/aromatic N) is 2. The zero-order valence-corrected chi connectivity index (χ0v) is 8.01. The maximum Gasteiger partial charge on any atom is 0.0470 e. The number of hydrazone groups is 1. The van der Waals surface area contributed by atoms with Crippen molar-refractivity contribution in [1.29, 1.82) is 0 Å². The van der Waals surface area contributed by atoms with E-state index in [1.807, 2.05) is 44.4 Å². The van der Waals surface area contributed by atoms with Gasteiger partial charge in [0.25, 0.3) is 0 Å². The number of hydrogen-bond acceptors (Lipinski definition) is 2. The van der Waals surface area contributed by atoms with E-state index < -0.39 is 0 Å². The van der Waals surface area contributed by atoms with Gasteiger partial charge >= 0.3 is 0 Å². The molecule has 0 aliphatic carbocycles. The van der Waals surface area contributed by atoms with E-state index in [4.69, 9.17) is 0 Å². The lowest BCUT2D eigenvalue weighted by molar-refractivity contribution is 0.440. The SMILES string of the molecule is CN(C)/N=C\C=C\c1ccccc1. The molecule has 0 fully saturated rings. The Morgan fingerprint density at radius 3 is 2.46 bits per heavy atom. The van der Waals surface area contributed by atoms with Crippen molar-refractivity contribution in [2.75, 3.05) is 14.1 Å². The summed E-state index contributed by atoms with van der Waals surface area (Å²) in [5, 5.41) is 5.82. The third kappa shape index (κ3) is 4.11. The standard InChI is InChI=1S/C11H14N2/c1-13(2)12-10-6-9-11-7-4-3-5-8-11/h3-10H,1-2H3/b9-6+,12-10-. The first-order valence-electron chi connectivity index (χ1n) is 4.22. The minimum atomic E-state index is 1.19. The van der Waals surface area contributed by atoms with Crippen molar-refractivity contribution in [3.63, 3.8) is 0 Å². The van der Waals surface area contributed by atoms with E-state index in [1.54, 1.807) is 11.2 Å². The summed E-state index contributed by atoms with van der Waals surface area (Å²) in [6, 6.07) is 10.1. The van der Waals surface area contributed by atoms with Gasteiger partial charge in [0.15, 0.2) is 0 Å². The molecule has 13 heavy (non-hydrogen) atoms. The van der Waals surface area contributed by atoms with Crippen LogP contribution in [0.1, 0.15) is 5.56 Å². The van der Waals surface area contributed by atoms with Gasteiger partial charge in [-0.2, -0.15) is 5.10 Å². The first kappa shape index (κ1) is 9.52. The predicted molar refractivity (Wildman–Crippen MR) is 57.7 cm³/mol. The van der Waals surface area contributed by atoms with Crippen molar-refractivity contribution in [3.8, 4) is 0 Å². The Kier molecular flexibility index (Phi) is 3.76. The maximum atomic E-state index is 4.06. The highest BCUT2D eigenvalue weighted by atomic mass is 15.4. The van der Waals surface area contributed by atoms with Gasteiger partial charge in [-0.05, 0) is 11.6 Å². The lowest BCUT2D eigenvalue weighted by Crippen LogP contribution is -2.00. The Morgan fingerprint density at radius 2 is 1.85 bits per heavy atom. The molecule has 0 aliphatic heterocycles. The molecule has 1 aromatic carbocycles. The lowest BCUT2D eigenvalue weighted by Gasteiger charge is -1.99. The van der Waals surface area contributed by atoms with Gasteiger partial charge in [-0.3, -0.25) is 0 Å². The van der Waals surface area contributed by atoms with E-state index in [2.05, 4.69) is 17.2 Å². The average Bonchev–Trinajstić information content (AvgIpc) is 2.14. The number of hydrogen-bond donors (Lipinski definition) is 0. The quantitative estimate of drug-likeness (QED) is 0.507. The van der Waals surface area contributed by atoms with E-state index in [0.29, 0.717) is 0 Å². The summed E-state index contributed by atoms with van der Waals surface area (Å²) in [6.45, 7) is 0. The molecule has 0 aliphatic rings. The van der Waals surface area contributed by atoms with Crippen molar-refractivity contribution in [1.82, 2.24) is 5.01 Å². The van der Waals surface area contributed by atoms with Crippen molar-refractivity contribution < 1.29 is 0 Å². The average molecular weight is 174 g/mol. The molecule has 0 aromatic heterocycles. The fourth-order valence-corrected chi connectivity index (χ4v) is 0.890. The van der Waals surface area contributed by atoms with E-state index in [0.717, 1.165) is 0 Å². The normalized spacial score (nSPS) is 11.2. The van der Waals surface area contributed by atoms with Gasteiger partial charge in [-0.15, -0.1) is 0 Å². The van der Waals surface area contributed by atoms with E-state index in [1.165, 1.54) is 5.56 Å². The Hall–Kier alpha value is -1.57. The number of rotatable bonds is 3. The fraction of sp³-hybridized carbons (Fsp3) is 0.182.